The quantitative estimate of drug-likeness (QED) is 0.874. The minimum atomic E-state index is -0.189. The molecule has 0 aliphatic rings. The summed E-state index contributed by atoms with van der Waals surface area (Å²) in [5.41, 5.74) is 9.26. The van der Waals surface area contributed by atoms with E-state index in [0.717, 1.165) is 12.0 Å². The Morgan fingerprint density at radius 1 is 0.944 bits per heavy atom. The van der Waals surface area contributed by atoms with Crippen molar-refractivity contribution in [2.75, 3.05) is 6.54 Å². The lowest BCUT2D eigenvalue weighted by Crippen LogP contribution is -2.08. The van der Waals surface area contributed by atoms with E-state index < -0.39 is 0 Å². The summed E-state index contributed by atoms with van der Waals surface area (Å²) in [7, 11) is 0. The maximum atomic E-state index is 12.8. The molecular weight excluding hydrogens is 225 g/mol. The molecule has 1 atom stereocenters. The first-order valence-electron chi connectivity index (χ1n) is 6.22. The zero-order chi connectivity index (χ0) is 13.0. The molecule has 0 fully saturated rings. The van der Waals surface area contributed by atoms with Crippen LogP contribution in [0.1, 0.15) is 29.5 Å². The maximum absolute atomic E-state index is 12.8. The highest BCUT2D eigenvalue weighted by molar-refractivity contribution is 5.30. The standard InChI is InChI=1S/C16H18FN/c1-12(11-18)15-6-2-13(3-7-15)10-14-4-8-16(17)9-5-14/h2-9,12H,10-11,18H2,1H3. The fraction of sp³-hybridized carbons (Fsp3) is 0.250. The van der Waals surface area contributed by atoms with Gasteiger partial charge in [-0.3, -0.25) is 0 Å². The van der Waals surface area contributed by atoms with Crippen LogP contribution in [0.2, 0.25) is 0 Å². The average molecular weight is 243 g/mol. The predicted molar refractivity (Wildman–Crippen MR) is 73.1 cm³/mol. The Balaban J connectivity index is 2.08. The van der Waals surface area contributed by atoms with E-state index in [4.69, 9.17) is 5.73 Å². The smallest absolute Gasteiger partial charge is 0.123 e. The first kappa shape index (κ1) is 12.8. The van der Waals surface area contributed by atoms with E-state index in [1.807, 2.05) is 12.1 Å². The number of nitrogens with two attached hydrogens (primary N) is 1. The summed E-state index contributed by atoms with van der Waals surface area (Å²) in [5, 5.41) is 0. The van der Waals surface area contributed by atoms with E-state index in [2.05, 4.69) is 31.2 Å². The van der Waals surface area contributed by atoms with Gasteiger partial charge in [0, 0.05) is 0 Å². The minimum absolute atomic E-state index is 0.189. The van der Waals surface area contributed by atoms with Crippen LogP contribution in [-0.2, 0) is 6.42 Å². The summed E-state index contributed by atoms with van der Waals surface area (Å²) in [5.74, 6) is 0.204. The van der Waals surface area contributed by atoms with Crippen LogP contribution in [0.15, 0.2) is 48.5 Å². The van der Waals surface area contributed by atoms with Crippen LogP contribution in [0.4, 0.5) is 4.39 Å². The van der Waals surface area contributed by atoms with Gasteiger partial charge in [-0.25, -0.2) is 4.39 Å². The Bertz CT molecular complexity index is 488. The Morgan fingerprint density at radius 2 is 1.44 bits per heavy atom. The number of rotatable bonds is 4. The summed E-state index contributed by atoms with van der Waals surface area (Å²) in [6, 6.07) is 15.1. The van der Waals surface area contributed by atoms with E-state index in [9.17, 15) is 4.39 Å². The van der Waals surface area contributed by atoms with Gasteiger partial charge in [0.15, 0.2) is 0 Å². The largest absolute Gasteiger partial charge is 0.330 e. The first-order chi connectivity index (χ1) is 8.69. The van der Waals surface area contributed by atoms with E-state index in [1.54, 1.807) is 0 Å². The van der Waals surface area contributed by atoms with Crippen LogP contribution in [0, 0.1) is 5.82 Å². The molecule has 0 saturated carbocycles. The van der Waals surface area contributed by atoms with Crippen LogP contribution in [-0.4, -0.2) is 6.54 Å². The van der Waals surface area contributed by atoms with Gasteiger partial charge in [0.1, 0.15) is 5.82 Å². The SMILES string of the molecule is CC(CN)c1ccc(Cc2ccc(F)cc2)cc1. The molecule has 0 aliphatic heterocycles. The fourth-order valence-corrected chi connectivity index (χ4v) is 1.94. The highest BCUT2D eigenvalue weighted by Gasteiger charge is 2.03. The minimum Gasteiger partial charge on any atom is -0.330 e. The Morgan fingerprint density at radius 3 is 1.94 bits per heavy atom. The topological polar surface area (TPSA) is 26.0 Å². The van der Waals surface area contributed by atoms with Crippen molar-refractivity contribution in [1.82, 2.24) is 0 Å². The summed E-state index contributed by atoms with van der Waals surface area (Å²) in [6.45, 7) is 2.78. The molecule has 2 rings (SSSR count). The van der Waals surface area contributed by atoms with Gasteiger partial charge in [-0.15, -0.1) is 0 Å². The van der Waals surface area contributed by atoms with Gasteiger partial charge < -0.3 is 5.73 Å². The lowest BCUT2D eigenvalue weighted by atomic mass is 9.98. The molecule has 0 heterocycles. The Kier molecular flexibility index (Phi) is 4.11. The van der Waals surface area contributed by atoms with Crippen molar-refractivity contribution in [1.29, 1.82) is 0 Å². The number of hydrogen-bond acceptors (Lipinski definition) is 1. The molecule has 0 aliphatic carbocycles. The number of hydrogen-bond donors (Lipinski definition) is 1. The second-order valence-electron chi connectivity index (χ2n) is 4.68. The third-order valence-electron chi connectivity index (χ3n) is 3.22. The third-order valence-corrected chi connectivity index (χ3v) is 3.22. The van der Waals surface area contributed by atoms with Crippen LogP contribution in [0.25, 0.3) is 0 Å². The van der Waals surface area contributed by atoms with Crippen molar-refractivity contribution in [2.24, 2.45) is 5.73 Å². The Hall–Kier alpha value is -1.67. The highest BCUT2D eigenvalue weighted by atomic mass is 19.1. The number of benzene rings is 2. The van der Waals surface area contributed by atoms with Gasteiger partial charge in [-0.05, 0) is 47.7 Å². The molecule has 2 aromatic rings. The summed E-state index contributed by atoms with van der Waals surface area (Å²) in [6.07, 6.45) is 0.831. The van der Waals surface area contributed by atoms with Crippen LogP contribution in [0.5, 0.6) is 0 Å². The van der Waals surface area contributed by atoms with E-state index >= 15 is 0 Å². The van der Waals surface area contributed by atoms with Crippen molar-refractivity contribution < 1.29 is 4.39 Å². The molecular formula is C16H18FN. The first-order valence-corrected chi connectivity index (χ1v) is 6.22. The van der Waals surface area contributed by atoms with Crippen molar-refractivity contribution in [2.45, 2.75) is 19.3 Å². The summed E-state index contributed by atoms with van der Waals surface area (Å²) >= 11 is 0. The van der Waals surface area contributed by atoms with Gasteiger partial charge in [-0.1, -0.05) is 43.3 Å². The van der Waals surface area contributed by atoms with Gasteiger partial charge in [-0.2, -0.15) is 0 Å². The van der Waals surface area contributed by atoms with Gasteiger partial charge >= 0.3 is 0 Å². The molecule has 0 radical (unpaired) electrons. The highest BCUT2D eigenvalue weighted by Crippen LogP contribution is 2.16. The molecule has 1 nitrogen and oxygen atoms in total. The second kappa shape index (κ2) is 5.78. The molecule has 2 aromatic carbocycles. The predicted octanol–water partition coefficient (Wildman–Crippen LogP) is 3.48. The second-order valence-corrected chi connectivity index (χ2v) is 4.68. The molecule has 0 saturated heterocycles. The van der Waals surface area contributed by atoms with Gasteiger partial charge in [0.25, 0.3) is 0 Å². The van der Waals surface area contributed by atoms with E-state index in [1.165, 1.54) is 23.3 Å². The molecule has 2 N–H and O–H groups in total. The van der Waals surface area contributed by atoms with Crippen molar-refractivity contribution in [3.05, 3.63) is 71.0 Å². The summed E-state index contributed by atoms with van der Waals surface area (Å²) in [4.78, 5) is 0. The van der Waals surface area contributed by atoms with E-state index in [-0.39, 0.29) is 5.82 Å². The maximum Gasteiger partial charge on any atom is 0.123 e. The average Bonchev–Trinajstić information content (AvgIpc) is 2.41. The molecule has 0 bridgehead atoms. The van der Waals surface area contributed by atoms with Gasteiger partial charge in [0.05, 0.1) is 0 Å². The van der Waals surface area contributed by atoms with Gasteiger partial charge in [0.2, 0.25) is 0 Å². The number of halogens is 1. The molecule has 0 spiro atoms. The zero-order valence-electron chi connectivity index (χ0n) is 10.6. The van der Waals surface area contributed by atoms with Crippen molar-refractivity contribution in [3.8, 4) is 0 Å². The normalized spacial score (nSPS) is 12.4. The molecule has 1 unspecified atom stereocenters. The molecule has 18 heavy (non-hydrogen) atoms. The van der Waals surface area contributed by atoms with E-state index in [0.29, 0.717) is 12.5 Å². The van der Waals surface area contributed by atoms with Crippen LogP contribution < -0.4 is 5.73 Å². The van der Waals surface area contributed by atoms with Crippen molar-refractivity contribution >= 4 is 0 Å². The molecule has 94 valence electrons. The third kappa shape index (κ3) is 3.17. The molecule has 0 aromatic heterocycles. The van der Waals surface area contributed by atoms with Crippen molar-refractivity contribution in [3.63, 3.8) is 0 Å². The molecule has 2 heteroatoms. The van der Waals surface area contributed by atoms with Crippen LogP contribution >= 0.6 is 0 Å². The fourth-order valence-electron chi connectivity index (χ4n) is 1.94. The van der Waals surface area contributed by atoms with Crippen LogP contribution in [0.3, 0.4) is 0 Å². The monoisotopic (exact) mass is 243 g/mol. The molecule has 0 amide bonds. The lowest BCUT2D eigenvalue weighted by Gasteiger charge is -2.09. The lowest BCUT2D eigenvalue weighted by molar-refractivity contribution is 0.627. The Labute approximate surface area is 107 Å². The zero-order valence-corrected chi connectivity index (χ0v) is 10.6. The summed E-state index contributed by atoms with van der Waals surface area (Å²) < 4.78 is 12.8.